The maximum Gasteiger partial charge on any atom is 0.410 e. The Bertz CT molecular complexity index is 858. The highest BCUT2D eigenvalue weighted by molar-refractivity contribution is 6.02. The first-order chi connectivity index (χ1) is 13.5. The summed E-state index contributed by atoms with van der Waals surface area (Å²) >= 11 is 0. The number of nitro groups is 1. The first-order valence-corrected chi connectivity index (χ1v) is 9.42. The molecule has 3 rings (SSSR count). The Morgan fingerprint density at radius 3 is 2.55 bits per heavy atom. The molecule has 1 unspecified atom stereocenters. The number of ketones is 1. The van der Waals surface area contributed by atoms with Crippen molar-refractivity contribution in [3.63, 3.8) is 0 Å². The van der Waals surface area contributed by atoms with Gasteiger partial charge in [-0.15, -0.1) is 0 Å². The van der Waals surface area contributed by atoms with Crippen molar-refractivity contribution < 1.29 is 28.4 Å². The summed E-state index contributed by atoms with van der Waals surface area (Å²) < 4.78 is 25.1. The van der Waals surface area contributed by atoms with E-state index in [2.05, 4.69) is 0 Å². The lowest BCUT2D eigenvalue weighted by molar-refractivity contribution is -0.385. The van der Waals surface area contributed by atoms with Crippen LogP contribution >= 0.6 is 0 Å². The maximum absolute atomic E-state index is 13.9. The van der Waals surface area contributed by atoms with Gasteiger partial charge in [0, 0.05) is 19.5 Å². The molecule has 9 nitrogen and oxygen atoms in total. The number of fused-ring (bicyclic) bond motifs is 1. The molecule has 1 amide bonds. The summed E-state index contributed by atoms with van der Waals surface area (Å²) in [5.41, 5.74) is 3.39. The van der Waals surface area contributed by atoms with Gasteiger partial charge in [0.2, 0.25) is 5.75 Å². The predicted octanol–water partition coefficient (Wildman–Crippen LogP) is 3.30. The van der Waals surface area contributed by atoms with E-state index in [1.165, 1.54) is 0 Å². The summed E-state index contributed by atoms with van der Waals surface area (Å²) in [6.07, 6.45) is 0.0960. The van der Waals surface area contributed by atoms with E-state index in [4.69, 9.17) is 15.2 Å². The van der Waals surface area contributed by atoms with Gasteiger partial charge in [0.05, 0.1) is 10.5 Å². The zero-order valence-corrected chi connectivity index (χ0v) is 16.6. The van der Waals surface area contributed by atoms with Crippen LogP contribution in [0.3, 0.4) is 0 Å². The summed E-state index contributed by atoms with van der Waals surface area (Å²) in [5, 5.41) is 11.4. The van der Waals surface area contributed by atoms with Crippen LogP contribution in [-0.4, -0.2) is 46.5 Å². The van der Waals surface area contributed by atoms with Crippen LogP contribution in [0.5, 0.6) is 5.75 Å². The van der Waals surface area contributed by atoms with Crippen molar-refractivity contribution in [3.8, 4) is 5.75 Å². The van der Waals surface area contributed by atoms with Crippen LogP contribution in [0.1, 0.15) is 50.4 Å². The zero-order chi connectivity index (χ0) is 21.5. The molecule has 0 saturated carbocycles. The first-order valence-electron chi connectivity index (χ1n) is 9.42. The number of nitrogens with zero attached hydrogens (tertiary/aromatic N) is 2. The number of hydrogen-bond donors (Lipinski definition) is 1. The molecule has 2 N–H and O–H groups in total. The van der Waals surface area contributed by atoms with Gasteiger partial charge in [-0.1, -0.05) is 0 Å². The number of piperidine rings is 1. The fourth-order valence-corrected chi connectivity index (χ4v) is 3.67. The normalized spacial score (nSPS) is 20.1. The number of carbonyl (C=O) groups excluding carboxylic acids is 2. The number of benzene rings is 1. The highest BCUT2D eigenvalue weighted by atomic mass is 19.1. The van der Waals surface area contributed by atoms with E-state index in [1.807, 2.05) is 0 Å². The number of Topliss-reactive ketones (excluding diaryl/α,β-unsaturated/α-hetero) is 1. The van der Waals surface area contributed by atoms with Crippen LogP contribution in [0.4, 0.5) is 20.6 Å². The Morgan fingerprint density at radius 1 is 1.38 bits per heavy atom. The van der Waals surface area contributed by atoms with E-state index < -0.39 is 45.7 Å². The molecule has 0 bridgehead atoms. The van der Waals surface area contributed by atoms with Crippen molar-refractivity contribution in [2.45, 2.75) is 51.7 Å². The Balaban J connectivity index is 1.75. The number of halogens is 1. The highest BCUT2D eigenvalue weighted by Gasteiger charge is 2.40. The van der Waals surface area contributed by atoms with Gasteiger partial charge in [0.15, 0.2) is 17.3 Å². The average Bonchev–Trinajstić information content (AvgIpc) is 2.61. The summed E-state index contributed by atoms with van der Waals surface area (Å²) in [5.74, 6) is -1.80. The van der Waals surface area contributed by atoms with E-state index in [-0.39, 0.29) is 23.7 Å². The Labute approximate surface area is 167 Å². The zero-order valence-electron chi connectivity index (χ0n) is 16.6. The van der Waals surface area contributed by atoms with Gasteiger partial charge in [0.25, 0.3) is 0 Å². The summed E-state index contributed by atoms with van der Waals surface area (Å²) in [6, 6.07) is 0.890. The molecule has 1 aromatic carbocycles. The minimum Gasteiger partial charge on any atom is -0.482 e. The molecular weight excluding hydrogens is 385 g/mol. The molecule has 2 aliphatic rings. The molecule has 0 spiro atoms. The average molecular weight is 409 g/mol. The van der Waals surface area contributed by atoms with Gasteiger partial charge >= 0.3 is 11.8 Å². The second-order valence-corrected chi connectivity index (χ2v) is 8.34. The SMILES string of the molecule is CC(C)(C)OC(=O)N1CCC(C2CC(=O)c3cc(F)c(N)c([N+](=O)[O-])c3O2)CC1. The molecule has 1 fully saturated rings. The monoisotopic (exact) mass is 409 g/mol. The fourth-order valence-electron chi connectivity index (χ4n) is 3.67. The molecule has 2 aliphatic heterocycles. The molecular formula is C19H24FN3O6. The standard InChI is InChI=1S/C19H24FN3O6/c1-19(2,3)29-18(25)22-6-4-10(5-7-22)14-9-13(24)11-8-12(20)15(21)16(23(26)27)17(11)28-14/h8,10,14H,4-7,9,21H2,1-3H3. The molecule has 1 atom stereocenters. The number of amides is 1. The van der Waals surface area contributed by atoms with E-state index >= 15 is 0 Å². The number of rotatable bonds is 2. The van der Waals surface area contributed by atoms with Crippen molar-refractivity contribution in [2.75, 3.05) is 18.8 Å². The lowest BCUT2D eigenvalue weighted by Gasteiger charge is -2.37. The smallest absolute Gasteiger partial charge is 0.410 e. The third-order valence-electron chi connectivity index (χ3n) is 5.10. The van der Waals surface area contributed by atoms with E-state index in [0.29, 0.717) is 25.9 Å². The number of carbonyl (C=O) groups is 2. The van der Waals surface area contributed by atoms with E-state index in [1.54, 1.807) is 25.7 Å². The number of anilines is 1. The quantitative estimate of drug-likeness (QED) is 0.451. The van der Waals surface area contributed by atoms with Gasteiger partial charge in [-0.05, 0) is 45.6 Å². The molecule has 2 heterocycles. The highest BCUT2D eigenvalue weighted by Crippen LogP contribution is 2.43. The van der Waals surface area contributed by atoms with E-state index in [9.17, 15) is 24.1 Å². The topological polar surface area (TPSA) is 125 Å². The van der Waals surface area contributed by atoms with Crippen LogP contribution in [0, 0.1) is 21.8 Å². The number of nitro benzene ring substituents is 1. The van der Waals surface area contributed by atoms with Crippen LogP contribution in [-0.2, 0) is 4.74 Å². The number of hydrogen-bond acceptors (Lipinski definition) is 7. The number of nitrogens with two attached hydrogens (primary N) is 1. The molecule has 0 aliphatic carbocycles. The van der Waals surface area contributed by atoms with Crippen molar-refractivity contribution in [1.82, 2.24) is 4.90 Å². The summed E-state index contributed by atoms with van der Waals surface area (Å²) in [6.45, 7) is 6.22. The van der Waals surface area contributed by atoms with Crippen LogP contribution in [0.25, 0.3) is 0 Å². The van der Waals surface area contributed by atoms with Crippen LogP contribution in [0.2, 0.25) is 0 Å². The van der Waals surface area contributed by atoms with Crippen molar-refractivity contribution >= 4 is 23.3 Å². The third-order valence-corrected chi connectivity index (χ3v) is 5.10. The number of ether oxygens (including phenoxy) is 2. The van der Waals surface area contributed by atoms with Crippen molar-refractivity contribution in [1.29, 1.82) is 0 Å². The fraction of sp³-hybridized carbons (Fsp3) is 0.579. The molecule has 1 saturated heterocycles. The Kier molecular flexibility index (Phi) is 5.38. The molecule has 0 aromatic heterocycles. The second kappa shape index (κ2) is 7.49. The molecule has 29 heavy (non-hydrogen) atoms. The van der Waals surface area contributed by atoms with Gasteiger partial charge in [0.1, 0.15) is 11.7 Å². The predicted molar refractivity (Wildman–Crippen MR) is 101 cm³/mol. The number of nitrogen functional groups attached to an aromatic ring is 1. The third kappa shape index (κ3) is 4.25. The minimum atomic E-state index is -1.02. The largest absolute Gasteiger partial charge is 0.482 e. The lowest BCUT2D eigenvalue weighted by Crippen LogP contribution is -2.45. The van der Waals surface area contributed by atoms with Gasteiger partial charge in [-0.2, -0.15) is 0 Å². The first kappa shape index (κ1) is 20.8. The van der Waals surface area contributed by atoms with Crippen LogP contribution < -0.4 is 10.5 Å². The Morgan fingerprint density at radius 2 is 2.00 bits per heavy atom. The molecule has 0 radical (unpaired) electrons. The lowest BCUT2D eigenvalue weighted by atomic mass is 9.85. The van der Waals surface area contributed by atoms with Gasteiger partial charge in [-0.25, -0.2) is 9.18 Å². The summed E-state index contributed by atoms with van der Waals surface area (Å²) in [7, 11) is 0. The minimum absolute atomic E-state index is 0.00931. The Hall–Kier alpha value is -2.91. The summed E-state index contributed by atoms with van der Waals surface area (Å²) in [4.78, 5) is 36.8. The molecule has 10 heteroatoms. The molecule has 158 valence electrons. The molecule has 1 aromatic rings. The van der Waals surface area contributed by atoms with Crippen molar-refractivity contribution in [3.05, 3.63) is 27.6 Å². The van der Waals surface area contributed by atoms with E-state index in [0.717, 1.165) is 6.07 Å². The maximum atomic E-state index is 13.9. The van der Waals surface area contributed by atoms with Crippen molar-refractivity contribution in [2.24, 2.45) is 5.92 Å². The van der Waals surface area contributed by atoms with Crippen LogP contribution in [0.15, 0.2) is 6.07 Å². The second-order valence-electron chi connectivity index (χ2n) is 8.34. The van der Waals surface area contributed by atoms with Gasteiger partial charge in [-0.3, -0.25) is 14.9 Å². The van der Waals surface area contributed by atoms with Gasteiger partial charge < -0.3 is 20.1 Å². The number of likely N-dealkylation sites (tertiary alicyclic amines) is 1.